The highest BCUT2D eigenvalue weighted by Crippen LogP contribution is 2.36. The average Bonchev–Trinajstić information content (AvgIpc) is 3.73. The molecule has 1 saturated carbocycles. The minimum absolute atomic E-state index is 0.156. The van der Waals surface area contributed by atoms with Crippen molar-refractivity contribution in [1.29, 1.82) is 0 Å². The van der Waals surface area contributed by atoms with E-state index in [1.165, 1.54) is 6.42 Å². The molecule has 0 saturated heterocycles. The van der Waals surface area contributed by atoms with Gasteiger partial charge in [0.15, 0.2) is 11.6 Å². The minimum Gasteiger partial charge on any atom is -0.374 e. The summed E-state index contributed by atoms with van der Waals surface area (Å²) >= 11 is 1.64. The number of nitrogens with zero attached hydrogens (tertiary/aromatic N) is 4. The van der Waals surface area contributed by atoms with Gasteiger partial charge >= 0.3 is 0 Å². The van der Waals surface area contributed by atoms with Crippen LogP contribution in [0.25, 0.3) is 55.2 Å². The highest BCUT2D eigenvalue weighted by molar-refractivity contribution is 7.13. The number of aliphatic hydroxyl groups excluding tert-OH is 1. The molecule has 8 nitrogen and oxygen atoms in total. The normalized spacial score (nSPS) is 15.2. The molecule has 0 radical (unpaired) electrons. The van der Waals surface area contributed by atoms with Crippen molar-refractivity contribution in [2.75, 3.05) is 5.32 Å². The Morgan fingerprint density at radius 1 is 1.03 bits per heavy atom. The van der Waals surface area contributed by atoms with Crippen LogP contribution < -0.4 is 5.32 Å². The highest BCUT2D eigenvalue weighted by Gasteiger charge is 2.23. The predicted octanol–water partition coefficient (Wildman–Crippen LogP) is 6.74. The lowest BCUT2D eigenvalue weighted by Gasteiger charge is -2.27. The van der Waals surface area contributed by atoms with Crippen LogP contribution in [-0.4, -0.2) is 41.5 Å². The molecule has 39 heavy (non-hydrogen) atoms. The Kier molecular flexibility index (Phi) is 6.05. The molecule has 0 amide bonds. The topological polar surface area (TPSA) is 115 Å². The summed E-state index contributed by atoms with van der Waals surface area (Å²) < 4.78 is 16.1. The molecule has 1 atom stereocenters. The molecular weight excluding hydrogens is 513 g/mol. The van der Waals surface area contributed by atoms with Gasteiger partial charge in [-0.05, 0) is 36.4 Å². The number of anilines is 1. The largest absolute Gasteiger partial charge is 0.374 e. The fourth-order valence-electron chi connectivity index (χ4n) is 5.51. The van der Waals surface area contributed by atoms with Crippen LogP contribution in [0.1, 0.15) is 32.1 Å². The lowest BCUT2D eigenvalue weighted by molar-refractivity contribution is 0.109. The first-order valence-corrected chi connectivity index (χ1v) is 14.0. The summed E-state index contributed by atoms with van der Waals surface area (Å²) in [7, 11) is 0. The predicted molar refractivity (Wildman–Crippen MR) is 152 cm³/mol. The number of fused-ring (bicyclic) bond motifs is 2. The van der Waals surface area contributed by atoms with Gasteiger partial charge in [0.2, 0.25) is 0 Å². The summed E-state index contributed by atoms with van der Waals surface area (Å²) in [6.07, 6.45) is 9.57. The zero-order valence-corrected chi connectivity index (χ0v) is 21.8. The Morgan fingerprint density at radius 2 is 1.92 bits per heavy atom. The molecule has 1 aromatic carbocycles. The van der Waals surface area contributed by atoms with Crippen molar-refractivity contribution < 1.29 is 9.50 Å². The van der Waals surface area contributed by atoms with Crippen LogP contribution in [0.5, 0.6) is 0 Å². The van der Waals surface area contributed by atoms with Crippen LogP contribution in [-0.2, 0) is 0 Å². The van der Waals surface area contributed by atoms with E-state index in [2.05, 4.69) is 36.5 Å². The third kappa shape index (κ3) is 4.35. The van der Waals surface area contributed by atoms with Gasteiger partial charge in [0.25, 0.3) is 0 Å². The maximum absolute atomic E-state index is 16.1. The molecule has 1 fully saturated rings. The molecule has 6 aromatic rings. The maximum Gasteiger partial charge on any atom is 0.161 e. The molecule has 10 heteroatoms. The van der Waals surface area contributed by atoms with Crippen LogP contribution in [0, 0.1) is 11.7 Å². The molecular formula is C29H26FN7OS. The third-order valence-corrected chi connectivity index (χ3v) is 8.39. The summed E-state index contributed by atoms with van der Waals surface area (Å²) in [5.74, 6) is 0.161. The molecule has 7 rings (SSSR count). The quantitative estimate of drug-likeness (QED) is 0.174. The van der Waals surface area contributed by atoms with Crippen molar-refractivity contribution in [3.05, 3.63) is 66.2 Å². The van der Waals surface area contributed by atoms with E-state index in [4.69, 9.17) is 4.98 Å². The van der Waals surface area contributed by atoms with E-state index < -0.39 is 12.0 Å². The van der Waals surface area contributed by atoms with Gasteiger partial charge in [0.05, 0.1) is 40.0 Å². The van der Waals surface area contributed by atoms with Gasteiger partial charge in [-0.3, -0.25) is 15.1 Å². The number of para-hydroxylation sites is 1. The van der Waals surface area contributed by atoms with E-state index in [1.54, 1.807) is 36.0 Å². The number of thiophene rings is 1. The van der Waals surface area contributed by atoms with Gasteiger partial charge in [-0.1, -0.05) is 37.5 Å². The van der Waals surface area contributed by atoms with Crippen LogP contribution in [0.3, 0.4) is 0 Å². The summed E-state index contributed by atoms with van der Waals surface area (Å²) in [6.45, 7) is 0. The van der Waals surface area contributed by atoms with Crippen LogP contribution >= 0.6 is 11.3 Å². The number of imidazole rings is 1. The fourth-order valence-corrected chi connectivity index (χ4v) is 6.26. The van der Waals surface area contributed by atoms with E-state index in [0.29, 0.717) is 33.7 Å². The molecule has 5 aromatic heterocycles. The molecule has 5 heterocycles. The third-order valence-electron chi connectivity index (χ3n) is 7.49. The van der Waals surface area contributed by atoms with E-state index in [1.807, 2.05) is 29.6 Å². The smallest absolute Gasteiger partial charge is 0.161 e. The SMILES string of the molecule is OC(Nc1cncc(-c2ncc3[nH]nc(-c4nc5c(-c6cccs6)cccc5[nH]4)c3c2F)c1)C1CCCCC1. The van der Waals surface area contributed by atoms with Gasteiger partial charge in [0.1, 0.15) is 17.6 Å². The Balaban J connectivity index is 1.26. The Labute approximate surface area is 227 Å². The highest BCUT2D eigenvalue weighted by atomic mass is 32.1. The van der Waals surface area contributed by atoms with E-state index in [0.717, 1.165) is 47.2 Å². The van der Waals surface area contributed by atoms with Gasteiger partial charge < -0.3 is 15.4 Å². The van der Waals surface area contributed by atoms with Gasteiger partial charge in [-0.2, -0.15) is 5.10 Å². The van der Waals surface area contributed by atoms with Crippen molar-refractivity contribution in [2.45, 2.75) is 38.3 Å². The number of nitrogens with one attached hydrogen (secondary N) is 3. The number of hydrogen-bond acceptors (Lipinski definition) is 7. The Hall–Kier alpha value is -4.15. The number of aromatic amines is 2. The zero-order valence-electron chi connectivity index (χ0n) is 21.0. The number of aromatic nitrogens is 6. The molecule has 1 aliphatic carbocycles. The average molecular weight is 540 g/mol. The second kappa shape index (κ2) is 9.87. The summed E-state index contributed by atoms with van der Waals surface area (Å²) in [5.41, 5.74) is 4.81. The number of aliphatic hydroxyl groups is 1. The van der Waals surface area contributed by atoms with Crippen molar-refractivity contribution in [3.63, 3.8) is 0 Å². The van der Waals surface area contributed by atoms with E-state index >= 15 is 4.39 Å². The lowest BCUT2D eigenvalue weighted by atomic mass is 9.88. The van der Waals surface area contributed by atoms with Crippen molar-refractivity contribution in [2.24, 2.45) is 5.92 Å². The standard InChI is InChI=1S/C29H26FN7OS/c30-24-23-21(15-32-25(24)17-12-18(14-31-13-17)33-29(38)16-6-2-1-3-7-16)36-37-27(23)28-34-20-9-4-8-19(26(20)35-28)22-10-5-11-39-22/h4-5,8-16,29,33,38H,1-3,6-7H2,(H,34,35)(H,36,37). The maximum atomic E-state index is 16.1. The number of halogens is 1. The van der Waals surface area contributed by atoms with Gasteiger partial charge in [0, 0.05) is 28.1 Å². The number of H-pyrrole nitrogens is 2. The Morgan fingerprint density at radius 3 is 2.77 bits per heavy atom. The molecule has 1 aliphatic rings. The Bertz CT molecular complexity index is 1770. The summed E-state index contributed by atoms with van der Waals surface area (Å²) in [6, 6.07) is 11.8. The lowest BCUT2D eigenvalue weighted by Crippen LogP contribution is -2.30. The first kappa shape index (κ1) is 23.9. The molecule has 1 unspecified atom stereocenters. The number of pyridine rings is 2. The second-order valence-electron chi connectivity index (χ2n) is 10.00. The van der Waals surface area contributed by atoms with Crippen molar-refractivity contribution in [1.82, 2.24) is 30.1 Å². The van der Waals surface area contributed by atoms with E-state index in [9.17, 15) is 5.11 Å². The van der Waals surface area contributed by atoms with E-state index in [-0.39, 0.29) is 11.6 Å². The first-order valence-electron chi connectivity index (χ1n) is 13.1. The number of hydrogen-bond donors (Lipinski definition) is 4. The van der Waals surface area contributed by atoms with Crippen LogP contribution in [0.2, 0.25) is 0 Å². The van der Waals surface area contributed by atoms with Gasteiger partial charge in [-0.15, -0.1) is 11.3 Å². The summed E-state index contributed by atoms with van der Waals surface area (Å²) in [4.78, 5) is 17.9. The van der Waals surface area contributed by atoms with Gasteiger partial charge in [-0.25, -0.2) is 9.37 Å². The molecule has 0 aliphatic heterocycles. The minimum atomic E-state index is -0.671. The summed E-state index contributed by atoms with van der Waals surface area (Å²) in [5, 5.41) is 23.5. The molecule has 196 valence electrons. The van der Waals surface area contributed by atoms with Crippen LogP contribution in [0.4, 0.5) is 10.1 Å². The number of rotatable bonds is 6. The molecule has 0 spiro atoms. The zero-order chi connectivity index (χ0) is 26.3. The van der Waals surface area contributed by atoms with Crippen molar-refractivity contribution >= 4 is 39.0 Å². The fraction of sp³-hybridized carbons (Fsp3) is 0.241. The monoisotopic (exact) mass is 539 g/mol. The first-order chi connectivity index (χ1) is 19.2. The van der Waals surface area contributed by atoms with Crippen LogP contribution in [0.15, 0.2) is 60.4 Å². The second-order valence-corrected chi connectivity index (χ2v) is 10.9. The molecule has 0 bridgehead atoms. The molecule has 4 N–H and O–H groups in total. The number of benzene rings is 1. The van der Waals surface area contributed by atoms with Crippen molar-refractivity contribution in [3.8, 4) is 33.2 Å².